The van der Waals surface area contributed by atoms with Crippen molar-refractivity contribution in [2.45, 2.75) is 98.5 Å². The molecular weight excluding hydrogens is 957 g/mol. The molecule has 74 heavy (non-hydrogen) atoms. The molecule has 4 heterocycles. The summed E-state index contributed by atoms with van der Waals surface area (Å²) in [7, 11) is 0. The Hall–Kier alpha value is -6.94. The number of carboxylic acid groups (broad SMARTS) is 1. The SMILES string of the molecule is Nc1ccc([C@@H](O)[C@H](CO)Oc2ccc(-c3cc(=O)c4c(O)c(O[C@@]56CCC[C@H]5CCCc5c(O)cccc56)c(O[C@@H]5O[C@H](C(=O)O)[C@]6(O)[C@@H]([C@H]7CNCN7)C(Cc7ccccc7)=C[C@@]5(O)[C@@H]6O)cc4o3)cc2)[nH]1. The minimum Gasteiger partial charge on any atom is -0.508 e. The second kappa shape index (κ2) is 19.1. The van der Waals surface area contributed by atoms with Crippen molar-refractivity contribution in [3.8, 4) is 40.1 Å². The van der Waals surface area contributed by atoms with Crippen LogP contribution in [0.4, 0.5) is 5.82 Å². The Kier molecular flexibility index (Phi) is 12.7. The summed E-state index contributed by atoms with van der Waals surface area (Å²) in [6, 6.07) is 25.6. The number of hydrogen-bond acceptors (Lipinski definition) is 17. The molecule has 5 aliphatic rings. The number of aromatic nitrogens is 1. The molecular formula is C55H58N4O15. The number of rotatable bonds is 14. The van der Waals surface area contributed by atoms with E-state index in [1.807, 2.05) is 36.4 Å². The van der Waals surface area contributed by atoms with E-state index in [4.69, 9.17) is 29.1 Å². The summed E-state index contributed by atoms with van der Waals surface area (Å²) in [6.45, 7) is 0.0844. The van der Waals surface area contributed by atoms with Gasteiger partial charge in [-0.3, -0.25) is 10.1 Å². The van der Waals surface area contributed by atoms with Crippen LogP contribution in [0.25, 0.3) is 22.3 Å². The molecule has 0 unspecified atom stereocenters. The molecule has 6 aromatic rings. The number of carboxylic acids is 1. The number of aliphatic hydroxyl groups excluding tert-OH is 3. The number of carbonyl (C=O) groups is 1. The molecule has 0 radical (unpaired) electrons. The van der Waals surface area contributed by atoms with Gasteiger partial charge in [0.1, 0.15) is 57.5 Å². The number of nitrogen functional groups attached to an aromatic ring is 1. The standard InChI is InChI=1S/C55H58N4O15/c56-43-19-18-35(59-43)46(63)42(26-60)70-32-16-14-29(15-17-32)39-22-38(62)44-40(71-39)23-41(48(47(44)64)74-54-20-6-10-31(54)9-4-11-33-34(54)12-5-13-37(33)61)72-52-53(68)24-30(21-28-7-2-1-3-8-28)45(36-25-57-27-58-36)55(69,51(53)67)49(73-52)50(65)66/h1-3,5,7-8,12-19,22-24,31,36,42,45-46,49,51-52,57-61,63-64,67-69H,4,6,9-11,20-21,25-27,56H2,(H,65,66)/t31-,36-,42+,45-,46-,49-,51+,52-,53-,54+,55-/m1/s1. The van der Waals surface area contributed by atoms with Crippen LogP contribution in [0.1, 0.15) is 60.6 Å². The van der Waals surface area contributed by atoms with Crippen LogP contribution in [0.15, 0.2) is 118 Å². The molecule has 11 atom stereocenters. The molecule has 19 nitrogen and oxygen atoms in total. The highest BCUT2D eigenvalue weighted by atomic mass is 16.7. The van der Waals surface area contributed by atoms with E-state index in [9.17, 15) is 50.4 Å². The Morgan fingerprint density at radius 3 is 2.46 bits per heavy atom. The normalized spacial score (nSPS) is 29.1. The number of aliphatic carboxylic acids is 1. The predicted molar refractivity (Wildman–Crippen MR) is 266 cm³/mol. The number of aromatic hydroxyl groups is 2. The fraction of sp³-hybridized carbons (Fsp3) is 0.382. The Morgan fingerprint density at radius 2 is 1.74 bits per heavy atom. The van der Waals surface area contributed by atoms with Crippen molar-refractivity contribution >= 4 is 22.8 Å². The molecule has 2 saturated heterocycles. The number of fused-ring (bicyclic) bond motifs is 6. The summed E-state index contributed by atoms with van der Waals surface area (Å²) in [6.07, 6.45) is -3.53. The number of anilines is 1. The zero-order valence-electron chi connectivity index (χ0n) is 40.0. The van der Waals surface area contributed by atoms with Crippen LogP contribution in [0, 0.1) is 11.8 Å². The molecule has 3 fully saturated rings. The van der Waals surface area contributed by atoms with Gasteiger partial charge in [0.2, 0.25) is 12.0 Å². The van der Waals surface area contributed by atoms with E-state index in [0.29, 0.717) is 72.7 Å². The van der Waals surface area contributed by atoms with Crippen LogP contribution in [-0.4, -0.2) is 113 Å². The summed E-state index contributed by atoms with van der Waals surface area (Å²) in [5, 5.41) is 99.8. The van der Waals surface area contributed by atoms with Crippen molar-refractivity contribution < 1.29 is 69.0 Å². The monoisotopic (exact) mass is 1010 g/mol. The fourth-order valence-corrected chi connectivity index (χ4v) is 12.3. The van der Waals surface area contributed by atoms with E-state index in [1.165, 1.54) is 18.2 Å². The molecule has 4 aromatic carbocycles. The lowest BCUT2D eigenvalue weighted by atomic mass is 9.59. The van der Waals surface area contributed by atoms with Crippen molar-refractivity contribution in [3.63, 3.8) is 0 Å². The van der Waals surface area contributed by atoms with E-state index in [2.05, 4.69) is 15.6 Å². The molecule has 19 heteroatoms. The Labute approximate surface area is 423 Å². The molecule has 3 aliphatic carbocycles. The van der Waals surface area contributed by atoms with Crippen LogP contribution in [0.2, 0.25) is 0 Å². The number of aliphatic hydroxyl groups is 5. The van der Waals surface area contributed by atoms with Crippen molar-refractivity contribution in [2.24, 2.45) is 11.8 Å². The summed E-state index contributed by atoms with van der Waals surface area (Å²) >= 11 is 0. The van der Waals surface area contributed by atoms with Gasteiger partial charge in [-0.05, 0) is 99.0 Å². The molecule has 0 spiro atoms. The average molecular weight is 1020 g/mol. The topological polar surface area (TPSA) is 312 Å². The van der Waals surface area contributed by atoms with Gasteiger partial charge in [0.15, 0.2) is 34.7 Å². The molecule has 2 aliphatic heterocycles. The van der Waals surface area contributed by atoms with E-state index < -0.39 is 83.2 Å². The highest BCUT2D eigenvalue weighted by molar-refractivity contribution is 5.90. The molecule has 2 bridgehead atoms. The Morgan fingerprint density at radius 1 is 0.959 bits per heavy atom. The number of hydrogen-bond donors (Lipinski definition) is 12. The minimum atomic E-state index is -2.66. The maximum atomic E-state index is 14.4. The Balaban J connectivity index is 1.04. The van der Waals surface area contributed by atoms with Gasteiger partial charge in [-0.25, -0.2) is 4.79 Å². The van der Waals surface area contributed by atoms with Crippen molar-refractivity contribution in [1.29, 1.82) is 0 Å². The number of nitrogens with one attached hydrogen (secondary N) is 3. The largest absolute Gasteiger partial charge is 0.508 e. The molecule has 1 saturated carbocycles. The van der Waals surface area contributed by atoms with Gasteiger partial charge < -0.3 is 80.3 Å². The number of H-pyrrole nitrogens is 1. The van der Waals surface area contributed by atoms with E-state index in [1.54, 1.807) is 48.5 Å². The number of aromatic amines is 1. The number of benzene rings is 4. The van der Waals surface area contributed by atoms with Crippen molar-refractivity contribution in [1.82, 2.24) is 15.6 Å². The molecule has 13 N–H and O–H groups in total. The van der Waals surface area contributed by atoms with Crippen LogP contribution >= 0.6 is 0 Å². The highest BCUT2D eigenvalue weighted by Gasteiger charge is 2.71. The third-order valence-electron chi connectivity index (χ3n) is 15.8. The third kappa shape index (κ3) is 8.23. The van der Waals surface area contributed by atoms with Crippen LogP contribution < -0.4 is 36.0 Å². The lowest BCUT2D eigenvalue weighted by Gasteiger charge is -2.58. The van der Waals surface area contributed by atoms with Gasteiger partial charge in [0.05, 0.1) is 6.61 Å². The molecule has 388 valence electrons. The first kappa shape index (κ1) is 49.3. The second-order valence-electron chi connectivity index (χ2n) is 20.1. The zero-order valence-corrected chi connectivity index (χ0v) is 40.0. The fourth-order valence-electron chi connectivity index (χ4n) is 12.3. The van der Waals surface area contributed by atoms with E-state index in [0.717, 1.165) is 18.4 Å². The quantitative estimate of drug-likeness (QED) is 0.0687. The molecule has 0 amide bonds. The Bertz CT molecular complexity index is 3180. The average Bonchev–Trinajstić information content (AvgIpc) is 4.16. The maximum Gasteiger partial charge on any atom is 0.336 e. The van der Waals surface area contributed by atoms with E-state index in [-0.39, 0.29) is 52.1 Å². The number of nitrogens with two attached hydrogens (primary N) is 1. The van der Waals surface area contributed by atoms with Crippen LogP contribution in [0.3, 0.4) is 0 Å². The lowest BCUT2D eigenvalue weighted by Crippen LogP contribution is -2.79. The van der Waals surface area contributed by atoms with Gasteiger partial charge in [-0.15, -0.1) is 0 Å². The van der Waals surface area contributed by atoms with Gasteiger partial charge in [-0.1, -0.05) is 48.0 Å². The van der Waals surface area contributed by atoms with Crippen molar-refractivity contribution in [2.75, 3.05) is 25.6 Å². The number of phenolic OH excluding ortho intramolecular Hbond substituents is 2. The maximum absolute atomic E-state index is 14.4. The highest BCUT2D eigenvalue weighted by Crippen LogP contribution is 2.57. The summed E-state index contributed by atoms with van der Waals surface area (Å²) in [4.78, 5) is 30.6. The summed E-state index contributed by atoms with van der Waals surface area (Å²) in [5.74, 6) is -3.65. The first-order valence-electron chi connectivity index (χ1n) is 24.8. The predicted octanol–water partition coefficient (Wildman–Crippen LogP) is 3.99. The smallest absolute Gasteiger partial charge is 0.336 e. The third-order valence-corrected chi connectivity index (χ3v) is 15.8. The lowest BCUT2D eigenvalue weighted by molar-refractivity contribution is -0.344. The summed E-state index contributed by atoms with van der Waals surface area (Å²) in [5.41, 5.74) is 1.64. The first-order valence-corrected chi connectivity index (χ1v) is 24.8. The van der Waals surface area contributed by atoms with Gasteiger partial charge in [0.25, 0.3) is 0 Å². The number of phenols is 2. The van der Waals surface area contributed by atoms with Crippen molar-refractivity contribution in [3.05, 3.63) is 141 Å². The summed E-state index contributed by atoms with van der Waals surface area (Å²) < 4.78 is 32.2. The van der Waals surface area contributed by atoms with Crippen LogP contribution in [0.5, 0.6) is 28.7 Å². The molecule has 2 aromatic heterocycles. The number of ether oxygens (including phenoxy) is 4. The minimum absolute atomic E-state index is 0.0251. The second-order valence-corrected chi connectivity index (χ2v) is 20.1. The zero-order chi connectivity index (χ0) is 51.7. The first-order chi connectivity index (χ1) is 35.6. The van der Waals surface area contributed by atoms with Gasteiger partial charge >= 0.3 is 5.97 Å². The van der Waals surface area contributed by atoms with Crippen LogP contribution in [-0.2, 0) is 28.0 Å². The van der Waals surface area contributed by atoms with Gasteiger partial charge in [0, 0.05) is 65.6 Å². The molecule has 11 rings (SSSR count). The van der Waals surface area contributed by atoms with E-state index >= 15 is 0 Å². The van der Waals surface area contributed by atoms with Gasteiger partial charge in [-0.2, -0.15) is 0 Å².